The van der Waals surface area contributed by atoms with E-state index in [-0.39, 0.29) is 13.2 Å². The van der Waals surface area contributed by atoms with Crippen LogP contribution in [0.4, 0.5) is 0 Å². The molecule has 5 nitrogen and oxygen atoms in total. The Bertz CT molecular complexity index is 451. The van der Waals surface area contributed by atoms with Gasteiger partial charge in [0.2, 0.25) is 0 Å². The fraction of sp³-hybridized carbons (Fsp3) is 0.583. The molecular weight excluding hydrogens is 372 g/mol. The van der Waals surface area contributed by atoms with Gasteiger partial charge in [0.25, 0.3) is 0 Å². The monoisotopic (exact) mass is 395 g/mol. The molecule has 0 aliphatic carbocycles. The van der Waals surface area contributed by atoms with Gasteiger partial charge in [0.1, 0.15) is 0 Å². The first-order valence-corrected chi connectivity index (χ1v) is 17.8. The van der Waals surface area contributed by atoms with Crippen molar-refractivity contribution in [2.75, 3.05) is 13.2 Å². The van der Waals surface area contributed by atoms with Crippen LogP contribution in [-0.4, -0.2) is 36.6 Å². The van der Waals surface area contributed by atoms with E-state index in [9.17, 15) is 4.57 Å². The molecule has 0 aromatic carbocycles. The van der Waals surface area contributed by atoms with E-state index in [1.165, 1.54) is 0 Å². The average Bonchev–Trinajstić information content (AvgIpc) is 2.28. The van der Waals surface area contributed by atoms with E-state index in [0.29, 0.717) is 5.88 Å². The number of hydrogen-bond acceptors (Lipinski definition) is 5. The molecule has 1 aromatic rings. The van der Waals surface area contributed by atoms with E-state index in [1.807, 2.05) is 12.1 Å². The normalized spacial score (nSPS) is 12.5. The summed E-state index contributed by atoms with van der Waals surface area (Å²) in [5.74, 6) is 0.300. The zero-order valence-electron chi connectivity index (χ0n) is 12.2. The predicted octanol–water partition coefficient (Wildman–Crippen LogP) is 3.19. The van der Waals surface area contributed by atoms with Gasteiger partial charge in [-0.2, -0.15) is 0 Å². The Morgan fingerprint density at radius 2 is 1.74 bits per heavy atom. The minimum atomic E-state index is -3.55. The molecule has 1 heterocycles. The number of phosphoric acid groups is 1. The van der Waals surface area contributed by atoms with Crippen LogP contribution in [0.1, 0.15) is 13.8 Å². The van der Waals surface area contributed by atoms with Crippen molar-refractivity contribution in [1.29, 1.82) is 0 Å². The molecule has 0 unspecified atom stereocenters. The summed E-state index contributed by atoms with van der Waals surface area (Å²) >= 11 is -2.27. The fourth-order valence-corrected chi connectivity index (χ4v) is 5.52. The van der Waals surface area contributed by atoms with Gasteiger partial charge in [0, 0.05) is 0 Å². The summed E-state index contributed by atoms with van der Waals surface area (Å²) in [6.07, 6.45) is 0. The van der Waals surface area contributed by atoms with Crippen molar-refractivity contribution >= 4 is 29.9 Å². The molecule has 0 saturated carbocycles. The molecule has 0 atom stereocenters. The standard InChI is InChI=1S/C9H13NO4P.3CH3.Sn/c1-3-12-15(11,13-4-2)14-9-7-5-6-8-10-9;;;;/h5-7H,3-4H2,1-2H3;3*1H3;. The summed E-state index contributed by atoms with van der Waals surface area (Å²) < 4.78 is 28.8. The van der Waals surface area contributed by atoms with Gasteiger partial charge in [-0.15, -0.1) is 0 Å². The Morgan fingerprint density at radius 1 is 1.16 bits per heavy atom. The number of pyridine rings is 1. The number of phosphoric ester groups is 1. The third-order valence-corrected chi connectivity index (χ3v) is 9.01. The molecule has 0 spiro atoms. The van der Waals surface area contributed by atoms with Gasteiger partial charge in [0.05, 0.1) is 0 Å². The molecule has 0 amide bonds. The van der Waals surface area contributed by atoms with Crippen molar-refractivity contribution in [3.8, 4) is 5.88 Å². The van der Waals surface area contributed by atoms with E-state index >= 15 is 0 Å². The predicted molar refractivity (Wildman–Crippen MR) is 78.7 cm³/mol. The topological polar surface area (TPSA) is 57.7 Å². The van der Waals surface area contributed by atoms with Crippen molar-refractivity contribution in [3.63, 3.8) is 0 Å². The molecule has 0 radical (unpaired) electrons. The maximum absolute atomic E-state index is 12.3. The zero-order chi connectivity index (χ0) is 14.5. The van der Waals surface area contributed by atoms with Crippen molar-refractivity contribution in [2.45, 2.75) is 28.7 Å². The molecule has 0 saturated heterocycles. The van der Waals surface area contributed by atoms with Crippen LogP contribution >= 0.6 is 7.82 Å². The molecule has 1 rings (SSSR count). The van der Waals surface area contributed by atoms with E-state index in [4.69, 9.17) is 13.6 Å². The summed E-state index contributed by atoms with van der Waals surface area (Å²) in [5, 5.41) is 0. The second-order valence-electron chi connectivity index (χ2n) is 4.99. The number of rotatable bonds is 7. The SMILES string of the molecule is CCOP(=O)(OCC)Oc1ccc[c]([Sn]([CH3])([CH3])[CH3])n1. The van der Waals surface area contributed by atoms with E-state index < -0.39 is 26.2 Å². The van der Waals surface area contributed by atoms with E-state index in [2.05, 4.69) is 19.8 Å². The molecule has 0 aliphatic heterocycles. The Morgan fingerprint density at radius 3 is 2.21 bits per heavy atom. The number of aromatic nitrogens is 1. The van der Waals surface area contributed by atoms with Gasteiger partial charge in [0.15, 0.2) is 0 Å². The van der Waals surface area contributed by atoms with Gasteiger partial charge in [-0.1, -0.05) is 0 Å². The molecule has 7 heteroatoms. The van der Waals surface area contributed by atoms with Gasteiger partial charge in [-0.25, -0.2) is 0 Å². The first kappa shape index (κ1) is 17.0. The van der Waals surface area contributed by atoms with E-state index in [0.717, 1.165) is 3.71 Å². The first-order chi connectivity index (χ1) is 8.80. The van der Waals surface area contributed by atoms with Crippen molar-refractivity contribution in [3.05, 3.63) is 18.2 Å². The molecule has 0 bridgehead atoms. The summed E-state index contributed by atoms with van der Waals surface area (Å²) in [5.41, 5.74) is 0. The summed E-state index contributed by atoms with van der Waals surface area (Å²) in [7, 11) is -3.55. The van der Waals surface area contributed by atoms with Crippen molar-refractivity contribution in [2.24, 2.45) is 0 Å². The van der Waals surface area contributed by atoms with E-state index in [1.54, 1.807) is 19.9 Å². The van der Waals surface area contributed by atoms with Crippen LogP contribution in [0.2, 0.25) is 14.8 Å². The number of hydrogen-bond donors (Lipinski definition) is 0. The summed E-state index contributed by atoms with van der Waals surface area (Å²) in [6.45, 7) is 4.00. The molecule has 19 heavy (non-hydrogen) atoms. The van der Waals surface area contributed by atoms with Crippen LogP contribution in [0.15, 0.2) is 18.2 Å². The Hall–Kier alpha value is -0.101. The van der Waals surface area contributed by atoms with Gasteiger partial charge in [-0.3, -0.25) is 0 Å². The second kappa shape index (κ2) is 7.06. The van der Waals surface area contributed by atoms with Crippen LogP contribution in [0.3, 0.4) is 0 Å². The molecule has 0 N–H and O–H groups in total. The second-order valence-corrected chi connectivity index (χ2v) is 20.9. The Labute approximate surface area is 119 Å². The zero-order valence-corrected chi connectivity index (χ0v) is 15.9. The Balaban J connectivity index is 2.94. The molecular formula is C12H22NO4PSn. The summed E-state index contributed by atoms with van der Waals surface area (Å²) in [4.78, 5) is 11.2. The van der Waals surface area contributed by atoms with Crippen LogP contribution < -0.4 is 8.23 Å². The third-order valence-electron chi connectivity index (χ3n) is 2.27. The summed E-state index contributed by atoms with van der Waals surface area (Å²) in [6, 6.07) is 5.53. The molecule has 1 aromatic heterocycles. The first-order valence-electron chi connectivity index (χ1n) is 6.37. The van der Waals surface area contributed by atoms with Crippen LogP contribution in [0.5, 0.6) is 5.88 Å². The van der Waals surface area contributed by atoms with Crippen LogP contribution in [-0.2, 0) is 13.6 Å². The van der Waals surface area contributed by atoms with Crippen molar-refractivity contribution < 1.29 is 18.1 Å². The minimum absolute atomic E-state index is 0.259. The quantitative estimate of drug-likeness (QED) is 0.526. The number of nitrogens with zero attached hydrogens (tertiary/aromatic N) is 1. The van der Waals surface area contributed by atoms with Gasteiger partial charge >= 0.3 is 119 Å². The average molecular weight is 394 g/mol. The fourth-order valence-electron chi connectivity index (χ4n) is 1.40. The molecule has 0 fully saturated rings. The van der Waals surface area contributed by atoms with Crippen LogP contribution in [0.25, 0.3) is 0 Å². The third kappa shape index (κ3) is 5.42. The maximum atomic E-state index is 12.3. The van der Waals surface area contributed by atoms with Gasteiger partial charge < -0.3 is 0 Å². The van der Waals surface area contributed by atoms with Gasteiger partial charge in [-0.05, 0) is 0 Å². The Kier molecular flexibility index (Phi) is 6.30. The molecule has 108 valence electrons. The van der Waals surface area contributed by atoms with Crippen molar-refractivity contribution in [1.82, 2.24) is 4.98 Å². The molecule has 0 aliphatic rings. The van der Waals surface area contributed by atoms with Crippen LogP contribution in [0, 0.1) is 0 Å².